The number of fused-ring (bicyclic) bond motifs is 3. The number of anilines is 2. The number of nitrogens with zero attached hydrogens (tertiary/aromatic N) is 5. The minimum atomic E-state index is -0.0624. The minimum absolute atomic E-state index is 0.0566. The van der Waals surface area contributed by atoms with Crippen LogP contribution in [0.25, 0.3) is 22.1 Å². The number of rotatable bonds is 4. The van der Waals surface area contributed by atoms with Crippen LogP contribution in [0.15, 0.2) is 48.2 Å². The van der Waals surface area contributed by atoms with Crippen LogP contribution in [0.5, 0.6) is 0 Å². The van der Waals surface area contributed by atoms with Gasteiger partial charge in [-0.15, -0.1) is 0 Å². The molecular weight excluding hydrogens is 444 g/mol. The molecule has 0 saturated heterocycles. The van der Waals surface area contributed by atoms with E-state index in [0.717, 1.165) is 34.3 Å². The molecule has 0 saturated carbocycles. The van der Waals surface area contributed by atoms with Gasteiger partial charge in [-0.05, 0) is 23.3 Å². The van der Waals surface area contributed by atoms with Gasteiger partial charge in [0.05, 0.1) is 30.5 Å². The fourth-order valence-electron chi connectivity index (χ4n) is 3.67. The lowest BCUT2D eigenvalue weighted by Crippen LogP contribution is -1.97. The van der Waals surface area contributed by atoms with Crippen LogP contribution in [0.1, 0.15) is 22.3 Å². The predicted octanol–water partition coefficient (Wildman–Crippen LogP) is 3.23. The fraction of sp³-hybridized carbons (Fsp3) is 0.136. The number of hydrogen-bond donors (Lipinski definition) is 5. The monoisotopic (exact) mass is 462 g/mol. The third-order valence-corrected chi connectivity index (χ3v) is 5.58. The quantitative estimate of drug-likeness (QED) is 0.257. The maximum Gasteiger partial charge on any atom is 0.143 e. The van der Waals surface area contributed by atoms with E-state index in [9.17, 15) is 5.11 Å². The number of benzene rings is 1. The molecule has 5 N–H and O–H groups in total. The molecule has 0 atom stereocenters. The van der Waals surface area contributed by atoms with Crippen molar-refractivity contribution in [1.29, 1.82) is 0 Å². The van der Waals surface area contributed by atoms with E-state index >= 15 is 0 Å². The van der Waals surface area contributed by atoms with Gasteiger partial charge in [0.1, 0.15) is 34.9 Å². The summed E-state index contributed by atoms with van der Waals surface area (Å²) in [5, 5.41) is 23.5. The predicted molar refractivity (Wildman–Crippen MR) is 126 cm³/mol. The second-order valence-electron chi connectivity index (χ2n) is 7.29. The van der Waals surface area contributed by atoms with E-state index in [2.05, 4.69) is 46.3 Å². The van der Waals surface area contributed by atoms with Gasteiger partial charge in [0.15, 0.2) is 0 Å². The van der Waals surface area contributed by atoms with E-state index in [1.54, 1.807) is 12.4 Å². The largest absolute Gasteiger partial charge is 0.392 e. The molecule has 1 aliphatic rings. The number of aliphatic hydroxyl groups is 2. The van der Waals surface area contributed by atoms with Crippen LogP contribution >= 0.6 is 11.6 Å². The average Bonchev–Trinajstić information content (AvgIpc) is 3.57. The van der Waals surface area contributed by atoms with Gasteiger partial charge in [0.2, 0.25) is 0 Å². The summed E-state index contributed by atoms with van der Waals surface area (Å²) in [6.45, 7) is 0.631. The number of halogens is 1. The molecule has 10 nitrogen and oxygen atoms in total. The van der Waals surface area contributed by atoms with Gasteiger partial charge in [-0.1, -0.05) is 17.7 Å². The van der Waals surface area contributed by atoms with E-state index in [-0.39, 0.29) is 13.2 Å². The number of hydrogen-bond acceptors (Lipinski definition) is 8. The van der Waals surface area contributed by atoms with Gasteiger partial charge >= 0.3 is 0 Å². The van der Waals surface area contributed by atoms with Crippen LogP contribution in [0, 0.1) is 0 Å². The molecule has 5 heterocycles. The number of nitrogens with one attached hydrogen (secondary N) is 3. The third-order valence-electron chi connectivity index (χ3n) is 5.30. The summed E-state index contributed by atoms with van der Waals surface area (Å²) >= 11 is 5.80. The summed E-state index contributed by atoms with van der Waals surface area (Å²) in [4.78, 5) is 26.4. The zero-order chi connectivity index (χ0) is 22.8. The zero-order valence-corrected chi connectivity index (χ0v) is 18.0. The standard InChI is InChI=1S/C15H13N5O.C7H6ClN3O/c21-7-11-6-17-14-13(11)15(19-8-18-14)20-12-2-1-9-4-16-5-10(9)3-12;8-6-5-4(2-12)1-9-7(5)11-3-10-6/h1-3,5-6,8,21H,4,7H2,(H2,17,18,19,20);1,3,12H,2H2,(H,9,10,11). The summed E-state index contributed by atoms with van der Waals surface area (Å²) in [6, 6.07) is 6.12. The van der Waals surface area contributed by atoms with Gasteiger partial charge in [0.25, 0.3) is 0 Å². The Morgan fingerprint density at radius 1 is 0.909 bits per heavy atom. The Bertz CT molecular complexity index is 1480. The van der Waals surface area contributed by atoms with Crippen molar-refractivity contribution in [3.63, 3.8) is 0 Å². The lowest BCUT2D eigenvalue weighted by molar-refractivity contribution is 0.283. The highest BCUT2D eigenvalue weighted by atomic mass is 35.5. The maximum absolute atomic E-state index is 9.42. The van der Waals surface area contributed by atoms with Crippen LogP contribution in [0.4, 0.5) is 11.5 Å². The Balaban J connectivity index is 0.000000162. The molecule has 4 aromatic heterocycles. The van der Waals surface area contributed by atoms with E-state index < -0.39 is 0 Å². The smallest absolute Gasteiger partial charge is 0.143 e. The second-order valence-corrected chi connectivity index (χ2v) is 7.64. The molecule has 1 aromatic carbocycles. The fourth-order valence-corrected chi connectivity index (χ4v) is 3.93. The van der Waals surface area contributed by atoms with Gasteiger partial charge in [-0.2, -0.15) is 0 Å². The molecule has 0 fully saturated rings. The van der Waals surface area contributed by atoms with Crippen molar-refractivity contribution in [2.75, 3.05) is 5.32 Å². The molecule has 0 amide bonds. The number of aliphatic hydroxyl groups excluding tert-OH is 2. The SMILES string of the molecule is OCc1c[nH]c2ncnc(Cl)c12.OCc1c[nH]c2ncnc(Nc3ccc4c(c3)C=NC4)c12. The number of aromatic amines is 2. The third kappa shape index (κ3) is 4.02. The van der Waals surface area contributed by atoms with Crippen molar-refractivity contribution >= 4 is 51.4 Å². The first-order valence-electron chi connectivity index (χ1n) is 10.1. The Kier molecular flexibility index (Phi) is 5.69. The van der Waals surface area contributed by atoms with Crippen molar-refractivity contribution in [2.24, 2.45) is 4.99 Å². The van der Waals surface area contributed by atoms with Gasteiger partial charge in [0, 0.05) is 35.4 Å². The molecule has 0 radical (unpaired) electrons. The van der Waals surface area contributed by atoms with Crippen LogP contribution in [-0.4, -0.2) is 46.3 Å². The highest BCUT2D eigenvalue weighted by Crippen LogP contribution is 2.28. The van der Waals surface area contributed by atoms with Gasteiger partial charge in [-0.25, -0.2) is 19.9 Å². The molecular formula is C22H19ClN8O2. The summed E-state index contributed by atoms with van der Waals surface area (Å²) in [5.41, 5.74) is 6.14. The van der Waals surface area contributed by atoms with Crippen molar-refractivity contribution in [3.8, 4) is 0 Å². The van der Waals surface area contributed by atoms with Crippen molar-refractivity contribution in [3.05, 3.63) is 70.7 Å². The lowest BCUT2D eigenvalue weighted by Gasteiger charge is -2.08. The average molecular weight is 463 g/mol. The number of aliphatic imine (C=N–C) groups is 1. The first-order valence-corrected chi connectivity index (χ1v) is 10.4. The van der Waals surface area contributed by atoms with Crippen molar-refractivity contribution in [1.82, 2.24) is 29.9 Å². The molecule has 0 aliphatic carbocycles. The zero-order valence-electron chi connectivity index (χ0n) is 17.2. The molecule has 1 aliphatic heterocycles. The van der Waals surface area contributed by atoms with E-state index in [1.807, 2.05) is 18.3 Å². The minimum Gasteiger partial charge on any atom is -0.392 e. The van der Waals surface area contributed by atoms with Gasteiger partial charge in [-0.3, -0.25) is 4.99 Å². The Labute approximate surface area is 192 Å². The van der Waals surface area contributed by atoms with Crippen molar-refractivity contribution in [2.45, 2.75) is 19.8 Å². The summed E-state index contributed by atoms with van der Waals surface area (Å²) < 4.78 is 0. The first-order chi connectivity index (χ1) is 16.2. The first kappa shape index (κ1) is 21.0. The van der Waals surface area contributed by atoms with E-state index in [1.165, 1.54) is 18.2 Å². The molecule has 0 bridgehead atoms. The maximum atomic E-state index is 9.42. The Morgan fingerprint density at radius 3 is 2.36 bits per heavy atom. The normalized spacial score (nSPS) is 12.1. The molecule has 5 aromatic rings. The molecule has 0 unspecified atom stereocenters. The molecule has 6 rings (SSSR count). The number of aromatic nitrogens is 6. The van der Waals surface area contributed by atoms with E-state index in [0.29, 0.717) is 27.7 Å². The lowest BCUT2D eigenvalue weighted by atomic mass is 10.1. The highest BCUT2D eigenvalue weighted by molar-refractivity contribution is 6.34. The Morgan fingerprint density at radius 2 is 1.61 bits per heavy atom. The molecule has 11 heteroatoms. The molecule has 0 spiro atoms. The molecule has 166 valence electrons. The summed E-state index contributed by atoms with van der Waals surface area (Å²) in [7, 11) is 0. The van der Waals surface area contributed by atoms with Gasteiger partial charge < -0.3 is 25.5 Å². The topological polar surface area (TPSA) is 148 Å². The second kappa shape index (κ2) is 8.94. The molecule has 33 heavy (non-hydrogen) atoms. The van der Waals surface area contributed by atoms with E-state index in [4.69, 9.17) is 16.7 Å². The van der Waals surface area contributed by atoms with Crippen LogP contribution in [0.2, 0.25) is 5.15 Å². The number of H-pyrrole nitrogens is 2. The highest BCUT2D eigenvalue weighted by Gasteiger charge is 2.12. The summed E-state index contributed by atoms with van der Waals surface area (Å²) in [5.74, 6) is 0.681. The van der Waals surface area contributed by atoms with Crippen LogP contribution < -0.4 is 5.32 Å². The Hall–Kier alpha value is -3.86. The van der Waals surface area contributed by atoms with Crippen LogP contribution in [-0.2, 0) is 19.8 Å². The van der Waals surface area contributed by atoms with Crippen LogP contribution in [0.3, 0.4) is 0 Å². The summed E-state index contributed by atoms with van der Waals surface area (Å²) in [6.07, 6.45) is 8.18. The van der Waals surface area contributed by atoms with Crippen molar-refractivity contribution < 1.29 is 10.2 Å².